The van der Waals surface area contributed by atoms with Crippen LogP contribution in [0.4, 0.5) is 8.78 Å². The number of sulfonamides is 1. The number of carboxylic acids is 1. The molecule has 112 valence electrons. The number of halogens is 3. The summed E-state index contributed by atoms with van der Waals surface area (Å²) in [6.45, 7) is 2.65. The minimum absolute atomic E-state index is 0.280. The first-order valence-electron chi connectivity index (χ1n) is 5.46. The Morgan fingerprint density at radius 2 is 1.90 bits per heavy atom. The summed E-state index contributed by atoms with van der Waals surface area (Å²) < 4.78 is 52.4. The first-order valence-corrected chi connectivity index (χ1v) is 7.73. The number of rotatable bonds is 5. The van der Waals surface area contributed by atoms with Crippen LogP contribution in [0.3, 0.4) is 0 Å². The molecule has 0 saturated carbocycles. The van der Waals surface area contributed by atoms with Gasteiger partial charge in [0.2, 0.25) is 10.0 Å². The highest BCUT2D eigenvalue weighted by atomic mass is 79.9. The van der Waals surface area contributed by atoms with Crippen molar-refractivity contribution >= 4 is 31.9 Å². The lowest BCUT2D eigenvalue weighted by Gasteiger charge is -2.18. The summed E-state index contributed by atoms with van der Waals surface area (Å²) in [6.07, 6.45) is 0. The highest BCUT2D eigenvalue weighted by Gasteiger charge is 2.29. The third-order valence-electron chi connectivity index (χ3n) is 2.71. The Morgan fingerprint density at radius 3 is 2.35 bits per heavy atom. The lowest BCUT2D eigenvalue weighted by atomic mass is 10.1. The molecule has 0 heterocycles. The van der Waals surface area contributed by atoms with Crippen LogP contribution in [0.2, 0.25) is 0 Å². The molecule has 0 amide bonds. The van der Waals surface area contributed by atoms with E-state index in [1.165, 1.54) is 13.8 Å². The molecular formula is C11H12BrF2NO4S. The lowest BCUT2D eigenvalue weighted by Crippen LogP contribution is -2.40. The van der Waals surface area contributed by atoms with E-state index in [-0.39, 0.29) is 4.47 Å². The predicted molar refractivity (Wildman–Crippen MR) is 70.6 cm³/mol. The van der Waals surface area contributed by atoms with Crippen LogP contribution in [0, 0.1) is 17.6 Å². The van der Waals surface area contributed by atoms with Crippen LogP contribution in [0.15, 0.2) is 21.5 Å². The number of nitrogens with one attached hydrogen (secondary N) is 1. The minimum Gasteiger partial charge on any atom is -0.481 e. The smallest absolute Gasteiger partial charge is 0.307 e. The van der Waals surface area contributed by atoms with Gasteiger partial charge >= 0.3 is 5.97 Å². The van der Waals surface area contributed by atoms with E-state index in [1.807, 2.05) is 0 Å². The van der Waals surface area contributed by atoms with Crippen molar-refractivity contribution < 1.29 is 27.1 Å². The lowest BCUT2D eigenvalue weighted by molar-refractivity contribution is -0.141. The highest BCUT2D eigenvalue weighted by Crippen LogP contribution is 2.26. The third-order valence-corrected chi connectivity index (χ3v) is 5.23. The number of aliphatic carboxylic acids is 1. The minimum atomic E-state index is -4.32. The Balaban J connectivity index is 3.16. The Bertz CT molecular complexity index is 612. The molecule has 1 aromatic rings. The Labute approximate surface area is 123 Å². The first kappa shape index (κ1) is 17.0. The van der Waals surface area contributed by atoms with Crippen molar-refractivity contribution in [1.29, 1.82) is 0 Å². The van der Waals surface area contributed by atoms with Crippen molar-refractivity contribution in [2.45, 2.75) is 24.8 Å². The van der Waals surface area contributed by atoms with Crippen LogP contribution < -0.4 is 4.72 Å². The molecule has 0 saturated heterocycles. The van der Waals surface area contributed by atoms with E-state index < -0.39 is 44.5 Å². The van der Waals surface area contributed by atoms with Crippen molar-refractivity contribution in [3.05, 3.63) is 28.2 Å². The van der Waals surface area contributed by atoms with E-state index in [2.05, 4.69) is 20.7 Å². The van der Waals surface area contributed by atoms with Gasteiger partial charge in [0.25, 0.3) is 0 Å². The SMILES string of the molecule is CC(NS(=O)(=O)c1c(F)cc(F)cc1Br)C(C)C(=O)O. The molecule has 0 radical (unpaired) electrons. The molecule has 0 fully saturated rings. The van der Waals surface area contributed by atoms with Crippen LogP contribution in [-0.2, 0) is 14.8 Å². The summed E-state index contributed by atoms with van der Waals surface area (Å²) in [4.78, 5) is 10.0. The van der Waals surface area contributed by atoms with E-state index in [9.17, 15) is 22.0 Å². The van der Waals surface area contributed by atoms with Crippen molar-refractivity contribution in [3.63, 3.8) is 0 Å². The van der Waals surface area contributed by atoms with Gasteiger partial charge in [-0.3, -0.25) is 4.79 Å². The molecule has 0 spiro atoms. The van der Waals surface area contributed by atoms with Crippen LogP contribution in [0.5, 0.6) is 0 Å². The third kappa shape index (κ3) is 3.74. The van der Waals surface area contributed by atoms with E-state index in [0.29, 0.717) is 6.07 Å². The summed E-state index contributed by atoms with van der Waals surface area (Å²) in [7, 11) is -4.32. The molecule has 2 atom stereocenters. The van der Waals surface area contributed by atoms with Crippen LogP contribution >= 0.6 is 15.9 Å². The van der Waals surface area contributed by atoms with Gasteiger partial charge in [0.15, 0.2) is 0 Å². The summed E-state index contributed by atoms with van der Waals surface area (Å²) >= 11 is 2.77. The van der Waals surface area contributed by atoms with Gasteiger partial charge in [-0.15, -0.1) is 0 Å². The van der Waals surface area contributed by atoms with Gasteiger partial charge in [0.1, 0.15) is 16.5 Å². The normalized spacial score (nSPS) is 14.8. The fraction of sp³-hybridized carbons (Fsp3) is 0.364. The largest absolute Gasteiger partial charge is 0.481 e. The monoisotopic (exact) mass is 371 g/mol. The van der Waals surface area contributed by atoms with Gasteiger partial charge in [0, 0.05) is 16.6 Å². The molecule has 0 aliphatic rings. The average molecular weight is 372 g/mol. The molecule has 20 heavy (non-hydrogen) atoms. The number of hydrogen-bond acceptors (Lipinski definition) is 3. The quantitative estimate of drug-likeness (QED) is 0.830. The summed E-state index contributed by atoms with van der Waals surface area (Å²) in [5.74, 6) is -4.40. The Kier molecular flexibility index (Phi) is 5.22. The second-order valence-electron chi connectivity index (χ2n) is 4.24. The van der Waals surface area contributed by atoms with Crippen LogP contribution in [0.25, 0.3) is 0 Å². The standard InChI is InChI=1S/C11H12BrF2NO4S/c1-5(11(16)17)6(2)15-20(18,19)10-8(12)3-7(13)4-9(10)14/h3-6,15H,1-2H3,(H,16,17). The fourth-order valence-electron chi connectivity index (χ4n) is 1.41. The van der Waals surface area contributed by atoms with Gasteiger partial charge in [-0.25, -0.2) is 21.9 Å². The zero-order chi connectivity index (χ0) is 15.7. The molecule has 0 bridgehead atoms. The fourth-order valence-corrected chi connectivity index (χ4v) is 3.90. The van der Waals surface area contributed by atoms with Gasteiger partial charge in [-0.2, -0.15) is 0 Å². The molecule has 2 unspecified atom stereocenters. The average Bonchev–Trinajstić information content (AvgIpc) is 2.24. The molecule has 2 N–H and O–H groups in total. The molecule has 0 aliphatic carbocycles. The molecule has 0 aromatic heterocycles. The molecule has 5 nitrogen and oxygen atoms in total. The summed E-state index contributed by atoms with van der Waals surface area (Å²) in [5, 5.41) is 8.80. The second kappa shape index (κ2) is 6.15. The number of hydrogen-bond donors (Lipinski definition) is 2. The predicted octanol–water partition coefficient (Wildman–Crippen LogP) is 2.11. The van der Waals surface area contributed by atoms with E-state index in [4.69, 9.17) is 5.11 Å². The summed E-state index contributed by atoms with van der Waals surface area (Å²) in [6, 6.07) is 0.280. The number of carboxylic acid groups (broad SMARTS) is 1. The van der Waals surface area contributed by atoms with Gasteiger partial charge in [-0.05, 0) is 28.9 Å². The van der Waals surface area contributed by atoms with E-state index in [0.717, 1.165) is 6.07 Å². The van der Waals surface area contributed by atoms with E-state index >= 15 is 0 Å². The highest BCUT2D eigenvalue weighted by molar-refractivity contribution is 9.10. The van der Waals surface area contributed by atoms with Gasteiger partial charge in [0.05, 0.1) is 5.92 Å². The molecule has 9 heteroatoms. The number of benzene rings is 1. The molecular weight excluding hydrogens is 360 g/mol. The maximum Gasteiger partial charge on any atom is 0.307 e. The molecule has 1 rings (SSSR count). The Morgan fingerprint density at radius 1 is 1.35 bits per heavy atom. The second-order valence-corrected chi connectivity index (χ2v) is 6.74. The van der Waals surface area contributed by atoms with Crippen molar-refractivity contribution in [3.8, 4) is 0 Å². The van der Waals surface area contributed by atoms with Crippen molar-refractivity contribution in [2.75, 3.05) is 0 Å². The first-order chi connectivity index (χ1) is 9.06. The van der Waals surface area contributed by atoms with E-state index in [1.54, 1.807) is 0 Å². The van der Waals surface area contributed by atoms with Crippen molar-refractivity contribution in [1.82, 2.24) is 4.72 Å². The van der Waals surface area contributed by atoms with Crippen molar-refractivity contribution in [2.24, 2.45) is 5.92 Å². The maximum atomic E-state index is 13.6. The van der Waals surface area contributed by atoms with Crippen LogP contribution in [0.1, 0.15) is 13.8 Å². The molecule has 1 aromatic carbocycles. The molecule has 0 aliphatic heterocycles. The summed E-state index contributed by atoms with van der Waals surface area (Å²) in [5.41, 5.74) is 0. The van der Waals surface area contributed by atoms with Gasteiger partial charge in [-0.1, -0.05) is 6.92 Å². The zero-order valence-corrected chi connectivity index (χ0v) is 12.9. The topological polar surface area (TPSA) is 83.5 Å². The Hall–Kier alpha value is -1.06. The van der Waals surface area contributed by atoms with Crippen LogP contribution in [-0.4, -0.2) is 25.5 Å². The maximum absolute atomic E-state index is 13.6. The number of carbonyl (C=O) groups is 1. The van der Waals surface area contributed by atoms with Gasteiger partial charge < -0.3 is 5.11 Å². The zero-order valence-electron chi connectivity index (χ0n) is 10.5.